The summed E-state index contributed by atoms with van der Waals surface area (Å²) in [4.78, 5) is 0. The van der Waals surface area contributed by atoms with Gasteiger partial charge in [-0.3, -0.25) is 0 Å². The maximum atomic E-state index is 10.2. The fraction of sp³-hybridized carbons (Fsp3) is 0.571. The summed E-state index contributed by atoms with van der Waals surface area (Å²) in [6.45, 7) is 4.72. The zero-order valence-corrected chi connectivity index (χ0v) is 11.1. The average Bonchev–Trinajstić information content (AvgIpc) is 2.69. The minimum atomic E-state index is -0.361. The van der Waals surface area contributed by atoms with Crippen molar-refractivity contribution in [2.45, 2.75) is 38.9 Å². The number of aryl methyl sites for hydroxylation is 1. The van der Waals surface area contributed by atoms with Crippen LogP contribution in [0.3, 0.4) is 0 Å². The van der Waals surface area contributed by atoms with Crippen molar-refractivity contribution in [3.8, 4) is 0 Å². The molecule has 1 aromatic rings. The standard InChI is InChI=1S/C14H19ClO2/c1-9-3-4-11(13(15)5-9)7-14(16)12-6-10(2)17-8-12/h3-5,10,12,14,16H,6-8H2,1-2H3. The number of hydrogen-bond donors (Lipinski definition) is 1. The molecule has 1 heterocycles. The summed E-state index contributed by atoms with van der Waals surface area (Å²) in [7, 11) is 0. The van der Waals surface area contributed by atoms with Crippen molar-refractivity contribution in [1.82, 2.24) is 0 Å². The molecule has 1 aliphatic rings. The van der Waals surface area contributed by atoms with E-state index in [1.54, 1.807) is 0 Å². The van der Waals surface area contributed by atoms with Gasteiger partial charge in [-0.1, -0.05) is 23.7 Å². The lowest BCUT2D eigenvalue weighted by molar-refractivity contribution is 0.0807. The zero-order valence-electron chi connectivity index (χ0n) is 10.3. The van der Waals surface area contributed by atoms with Gasteiger partial charge in [-0.25, -0.2) is 0 Å². The molecular weight excluding hydrogens is 236 g/mol. The predicted octanol–water partition coefficient (Wildman–Crippen LogP) is 2.98. The highest BCUT2D eigenvalue weighted by atomic mass is 35.5. The Bertz CT molecular complexity index is 392. The molecule has 3 unspecified atom stereocenters. The second kappa shape index (κ2) is 5.38. The van der Waals surface area contributed by atoms with E-state index in [0.717, 1.165) is 22.6 Å². The van der Waals surface area contributed by atoms with Gasteiger partial charge in [0.25, 0.3) is 0 Å². The Hall–Kier alpha value is -0.570. The van der Waals surface area contributed by atoms with Crippen LogP contribution < -0.4 is 0 Å². The summed E-state index contributed by atoms with van der Waals surface area (Å²) in [6, 6.07) is 5.97. The summed E-state index contributed by atoms with van der Waals surface area (Å²) in [5.74, 6) is 0.238. The molecule has 0 aromatic heterocycles. The lowest BCUT2D eigenvalue weighted by atomic mass is 9.94. The molecule has 0 aliphatic carbocycles. The lowest BCUT2D eigenvalue weighted by Crippen LogP contribution is -2.23. The highest BCUT2D eigenvalue weighted by molar-refractivity contribution is 6.31. The summed E-state index contributed by atoms with van der Waals surface area (Å²) >= 11 is 6.17. The second-order valence-electron chi connectivity index (χ2n) is 5.01. The molecule has 2 nitrogen and oxygen atoms in total. The molecular formula is C14H19ClO2. The van der Waals surface area contributed by atoms with Crippen LogP contribution in [0.25, 0.3) is 0 Å². The summed E-state index contributed by atoms with van der Waals surface area (Å²) in [5, 5.41) is 10.9. The van der Waals surface area contributed by atoms with Crippen LogP contribution in [0.5, 0.6) is 0 Å². The monoisotopic (exact) mass is 254 g/mol. The maximum Gasteiger partial charge on any atom is 0.0632 e. The number of halogens is 1. The molecule has 1 N–H and O–H groups in total. The van der Waals surface area contributed by atoms with Gasteiger partial charge in [-0.15, -0.1) is 0 Å². The van der Waals surface area contributed by atoms with E-state index >= 15 is 0 Å². The topological polar surface area (TPSA) is 29.5 Å². The van der Waals surface area contributed by atoms with Gasteiger partial charge in [0.05, 0.1) is 18.8 Å². The molecule has 0 saturated carbocycles. The highest BCUT2D eigenvalue weighted by Crippen LogP contribution is 2.26. The van der Waals surface area contributed by atoms with Crippen molar-refractivity contribution >= 4 is 11.6 Å². The molecule has 1 fully saturated rings. The summed E-state index contributed by atoms with van der Waals surface area (Å²) in [6.07, 6.45) is 1.45. The maximum absolute atomic E-state index is 10.2. The Labute approximate surface area is 108 Å². The number of aliphatic hydroxyl groups excluding tert-OH is 1. The van der Waals surface area contributed by atoms with E-state index in [2.05, 4.69) is 0 Å². The Kier molecular flexibility index (Phi) is 4.08. The number of aliphatic hydroxyl groups is 1. The molecule has 0 bridgehead atoms. The lowest BCUT2D eigenvalue weighted by Gasteiger charge is -2.17. The van der Waals surface area contributed by atoms with E-state index in [0.29, 0.717) is 13.0 Å². The fourth-order valence-electron chi connectivity index (χ4n) is 2.33. The van der Waals surface area contributed by atoms with E-state index in [-0.39, 0.29) is 18.1 Å². The molecule has 2 rings (SSSR count). The summed E-state index contributed by atoms with van der Waals surface area (Å²) in [5.41, 5.74) is 2.16. The van der Waals surface area contributed by atoms with Crippen LogP contribution in [0.15, 0.2) is 18.2 Å². The van der Waals surface area contributed by atoms with Crippen molar-refractivity contribution in [3.05, 3.63) is 34.3 Å². The van der Waals surface area contributed by atoms with Crippen LogP contribution in [-0.2, 0) is 11.2 Å². The molecule has 1 saturated heterocycles. The van der Waals surface area contributed by atoms with Crippen LogP contribution in [0.4, 0.5) is 0 Å². The Morgan fingerprint density at radius 2 is 2.29 bits per heavy atom. The predicted molar refractivity (Wildman–Crippen MR) is 69.4 cm³/mol. The highest BCUT2D eigenvalue weighted by Gasteiger charge is 2.28. The minimum absolute atomic E-state index is 0.238. The first-order chi connectivity index (χ1) is 8.06. The second-order valence-corrected chi connectivity index (χ2v) is 5.41. The Balaban J connectivity index is 2.00. The third-order valence-corrected chi connectivity index (χ3v) is 3.76. The third-order valence-electron chi connectivity index (χ3n) is 3.41. The minimum Gasteiger partial charge on any atom is -0.392 e. The number of rotatable bonds is 3. The largest absolute Gasteiger partial charge is 0.392 e. The zero-order chi connectivity index (χ0) is 12.4. The quantitative estimate of drug-likeness (QED) is 0.899. The van der Waals surface area contributed by atoms with E-state index in [9.17, 15) is 5.11 Å². The molecule has 0 spiro atoms. The van der Waals surface area contributed by atoms with Crippen LogP contribution in [0, 0.1) is 12.8 Å². The van der Waals surface area contributed by atoms with E-state index < -0.39 is 0 Å². The normalized spacial score (nSPS) is 26.1. The smallest absolute Gasteiger partial charge is 0.0632 e. The molecule has 0 amide bonds. The van der Waals surface area contributed by atoms with Gasteiger partial charge in [0.1, 0.15) is 0 Å². The SMILES string of the molecule is Cc1ccc(CC(O)C2COC(C)C2)c(Cl)c1. The first-order valence-electron chi connectivity index (χ1n) is 6.11. The van der Waals surface area contributed by atoms with Gasteiger partial charge >= 0.3 is 0 Å². The number of ether oxygens (including phenoxy) is 1. The van der Waals surface area contributed by atoms with Gasteiger partial charge in [0.15, 0.2) is 0 Å². The van der Waals surface area contributed by atoms with Gasteiger partial charge in [-0.2, -0.15) is 0 Å². The van der Waals surface area contributed by atoms with E-state index in [1.807, 2.05) is 32.0 Å². The van der Waals surface area contributed by atoms with Gasteiger partial charge in [-0.05, 0) is 37.5 Å². The van der Waals surface area contributed by atoms with Crippen LogP contribution >= 0.6 is 11.6 Å². The number of benzene rings is 1. The molecule has 94 valence electrons. The van der Waals surface area contributed by atoms with Crippen molar-refractivity contribution in [2.75, 3.05) is 6.61 Å². The first kappa shape index (κ1) is 12.9. The molecule has 17 heavy (non-hydrogen) atoms. The number of hydrogen-bond acceptors (Lipinski definition) is 2. The Morgan fingerprint density at radius 1 is 1.53 bits per heavy atom. The fourth-order valence-corrected chi connectivity index (χ4v) is 2.64. The van der Waals surface area contributed by atoms with Crippen molar-refractivity contribution < 1.29 is 9.84 Å². The third kappa shape index (κ3) is 3.21. The van der Waals surface area contributed by atoms with E-state index in [4.69, 9.17) is 16.3 Å². The van der Waals surface area contributed by atoms with Crippen LogP contribution in [0.2, 0.25) is 5.02 Å². The van der Waals surface area contributed by atoms with Crippen molar-refractivity contribution in [1.29, 1.82) is 0 Å². The average molecular weight is 255 g/mol. The van der Waals surface area contributed by atoms with Crippen molar-refractivity contribution in [2.24, 2.45) is 5.92 Å². The molecule has 1 aliphatic heterocycles. The van der Waals surface area contributed by atoms with Gasteiger partial charge in [0.2, 0.25) is 0 Å². The molecule has 3 atom stereocenters. The summed E-state index contributed by atoms with van der Waals surface area (Å²) < 4.78 is 5.48. The Morgan fingerprint density at radius 3 is 2.88 bits per heavy atom. The molecule has 3 heteroatoms. The van der Waals surface area contributed by atoms with E-state index in [1.165, 1.54) is 0 Å². The molecule has 0 radical (unpaired) electrons. The van der Waals surface area contributed by atoms with Gasteiger partial charge < -0.3 is 9.84 Å². The van der Waals surface area contributed by atoms with Gasteiger partial charge in [0, 0.05) is 17.4 Å². The van der Waals surface area contributed by atoms with Crippen molar-refractivity contribution in [3.63, 3.8) is 0 Å². The first-order valence-corrected chi connectivity index (χ1v) is 6.48. The van der Waals surface area contributed by atoms with Crippen LogP contribution in [-0.4, -0.2) is 23.9 Å². The van der Waals surface area contributed by atoms with Crippen LogP contribution in [0.1, 0.15) is 24.5 Å². The molecule has 1 aromatic carbocycles.